The van der Waals surface area contributed by atoms with Crippen LogP contribution in [0.2, 0.25) is 0 Å². The number of nitrogens with zero attached hydrogens (tertiary/aromatic N) is 3. The standard InChI is InChI=1S/C19H22N4O7S/c1-29-17-9-13(10-18(30-2)19(17)24)12-20-21-15-6-5-14(11-16(15)23(25)26)31(27,28)22-7-3-4-8-22/h5-6,9-12,21,24H,3-4,7-8H2,1-2H3/b20-12+. The minimum Gasteiger partial charge on any atom is -0.502 e. The Labute approximate surface area is 179 Å². The van der Waals surface area contributed by atoms with Gasteiger partial charge in [0.2, 0.25) is 15.8 Å². The number of benzene rings is 2. The van der Waals surface area contributed by atoms with Crippen molar-refractivity contribution in [3.8, 4) is 17.2 Å². The zero-order valence-electron chi connectivity index (χ0n) is 16.9. The summed E-state index contributed by atoms with van der Waals surface area (Å²) in [6, 6.07) is 6.64. The molecule has 0 unspecified atom stereocenters. The van der Waals surface area contributed by atoms with Gasteiger partial charge in [0.15, 0.2) is 11.5 Å². The molecule has 0 aromatic heterocycles. The van der Waals surface area contributed by atoms with Gasteiger partial charge in [-0.05, 0) is 37.1 Å². The van der Waals surface area contributed by atoms with Crippen molar-refractivity contribution in [3.63, 3.8) is 0 Å². The Kier molecular flexibility index (Phi) is 6.61. The molecule has 12 heteroatoms. The summed E-state index contributed by atoms with van der Waals surface area (Å²) in [5, 5.41) is 25.4. The van der Waals surface area contributed by atoms with Crippen molar-refractivity contribution in [3.05, 3.63) is 46.0 Å². The smallest absolute Gasteiger partial charge is 0.295 e. The van der Waals surface area contributed by atoms with E-state index in [-0.39, 0.29) is 27.8 Å². The second kappa shape index (κ2) is 9.18. The van der Waals surface area contributed by atoms with Crippen molar-refractivity contribution in [1.82, 2.24) is 4.31 Å². The van der Waals surface area contributed by atoms with Crippen molar-refractivity contribution >= 4 is 27.6 Å². The average molecular weight is 450 g/mol. The molecule has 1 aliphatic rings. The SMILES string of the molecule is COc1cc(/C=N/Nc2ccc(S(=O)(=O)N3CCCC3)cc2[N+](=O)[O-])cc(OC)c1O. The van der Waals surface area contributed by atoms with E-state index < -0.39 is 20.6 Å². The second-order valence-corrected chi connectivity index (χ2v) is 8.63. The summed E-state index contributed by atoms with van der Waals surface area (Å²) >= 11 is 0. The van der Waals surface area contributed by atoms with E-state index in [9.17, 15) is 23.6 Å². The minimum absolute atomic E-state index is 0.0272. The molecule has 1 fully saturated rings. The van der Waals surface area contributed by atoms with Gasteiger partial charge in [0, 0.05) is 24.7 Å². The van der Waals surface area contributed by atoms with Crippen molar-refractivity contribution in [2.24, 2.45) is 5.10 Å². The summed E-state index contributed by atoms with van der Waals surface area (Å²) in [6.45, 7) is 0.806. The van der Waals surface area contributed by atoms with Crippen molar-refractivity contribution < 1.29 is 27.9 Å². The molecular weight excluding hydrogens is 428 g/mol. The molecule has 1 heterocycles. The molecule has 0 radical (unpaired) electrons. The number of nitrogens with one attached hydrogen (secondary N) is 1. The molecule has 0 amide bonds. The molecule has 31 heavy (non-hydrogen) atoms. The molecule has 2 aromatic rings. The quantitative estimate of drug-likeness (QED) is 0.355. The summed E-state index contributed by atoms with van der Waals surface area (Å²) in [5.74, 6) is 0.173. The predicted molar refractivity (Wildman–Crippen MR) is 114 cm³/mol. The van der Waals surface area contributed by atoms with Crippen LogP contribution >= 0.6 is 0 Å². The molecule has 11 nitrogen and oxygen atoms in total. The van der Waals surface area contributed by atoms with Crippen LogP contribution in [0.1, 0.15) is 18.4 Å². The third kappa shape index (κ3) is 4.70. The normalized spacial score (nSPS) is 14.6. The highest BCUT2D eigenvalue weighted by Gasteiger charge is 2.29. The maximum Gasteiger partial charge on any atom is 0.295 e. The van der Waals surface area contributed by atoms with Gasteiger partial charge in [0.25, 0.3) is 5.69 Å². The molecule has 3 rings (SSSR count). The number of ether oxygens (including phenoxy) is 2. The zero-order chi connectivity index (χ0) is 22.6. The zero-order valence-corrected chi connectivity index (χ0v) is 17.8. The van der Waals surface area contributed by atoms with Gasteiger partial charge in [0.05, 0.1) is 30.3 Å². The van der Waals surface area contributed by atoms with Gasteiger partial charge in [-0.15, -0.1) is 0 Å². The molecule has 2 aromatic carbocycles. The second-order valence-electron chi connectivity index (χ2n) is 6.69. The van der Waals surface area contributed by atoms with Crippen LogP contribution in [0, 0.1) is 10.1 Å². The lowest BCUT2D eigenvalue weighted by Crippen LogP contribution is -2.27. The third-order valence-electron chi connectivity index (χ3n) is 4.77. The van der Waals surface area contributed by atoms with E-state index in [1.54, 1.807) is 0 Å². The summed E-state index contributed by atoms with van der Waals surface area (Å²) in [5.41, 5.74) is 2.66. The van der Waals surface area contributed by atoms with Crippen LogP contribution in [0.25, 0.3) is 0 Å². The van der Waals surface area contributed by atoms with E-state index in [1.807, 2.05) is 0 Å². The number of nitro benzene ring substituents is 1. The van der Waals surface area contributed by atoms with Crippen LogP contribution in [0.15, 0.2) is 40.3 Å². The van der Waals surface area contributed by atoms with Gasteiger partial charge in [-0.3, -0.25) is 15.5 Å². The van der Waals surface area contributed by atoms with Crippen LogP contribution in [0.4, 0.5) is 11.4 Å². The van der Waals surface area contributed by atoms with E-state index in [0.717, 1.165) is 18.9 Å². The fraction of sp³-hybridized carbons (Fsp3) is 0.316. The Balaban J connectivity index is 1.86. The van der Waals surface area contributed by atoms with Gasteiger partial charge in [-0.1, -0.05) is 0 Å². The highest BCUT2D eigenvalue weighted by Crippen LogP contribution is 2.36. The van der Waals surface area contributed by atoms with Gasteiger partial charge < -0.3 is 14.6 Å². The Morgan fingerprint density at radius 3 is 2.32 bits per heavy atom. The molecule has 2 N–H and O–H groups in total. The van der Waals surface area contributed by atoms with Gasteiger partial charge in [-0.2, -0.15) is 9.41 Å². The molecule has 1 saturated heterocycles. The number of methoxy groups -OCH3 is 2. The molecule has 0 aliphatic carbocycles. The van der Waals surface area contributed by atoms with E-state index in [0.29, 0.717) is 18.7 Å². The topological polar surface area (TPSA) is 144 Å². The van der Waals surface area contributed by atoms with E-state index in [4.69, 9.17) is 9.47 Å². The number of nitro groups is 1. The molecule has 166 valence electrons. The predicted octanol–water partition coefficient (Wildman–Crippen LogP) is 2.55. The number of sulfonamides is 1. The largest absolute Gasteiger partial charge is 0.502 e. The summed E-state index contributed by atoms with van der Waals surface area (Å²) in [4.78, 5) is 10.7. The van der Waals surface area contributed by atoms with Crippen molar-refractivity contribution in [1.29, 1.82) is 0 Å². The molecule has 0 bridgehead atoms. The molecule has 0 saturated carbocycles. The average Bonchev–Trinajstić information content (AvgIpc) is 3.30. The first-order valence-corrected chi connectivity index (χ1v) is 10.7. The molecular formula is C19H22N4O7S. The molecule has 0 atom stereocenters. The van der Waals surface area contributed by atoms with Crippen molar-refractivity contribution in [2.75, 3.05) is 32.7 Å². The van der Waals surface area contributed by atoms with E-state index in [1.165, 1.54) is 49.0 Å². The fourth-order valence-electron chi connectivity index (χ4n) is 3.16. The molecule has 1 aliphatic heterocycles. The van der Waals surface area contributed by atoms with Crippen LogP contribution in [0.3, 0.4) is 0 Å². The van der Waals surface area contributed by atoms with Crippen LogP contribution in [-0.4, -0.2) is 56.3 Å². The number of aromatic hydroxyl groups is 1. The van der Waals surface area contributed by atoms with Gasteiger partial charge >= 0.3 is 0 Å². The first kappa shape index (κ1) is 22.3. The number of hydrazone groups is 1. The maximum atomic E-state index is 12.7. The lowest BCUT2D eigenvalue weighted by atomic mass is 10.2. The third-order valence-corrected chi connectivity index (χ3v) is 6.66. The van der Waals surface area contributed by atoms with Crippen LogP contribution in [-0.2, 0) is 10.0 Å². The van der Waals surface area contributed by atoms with E-state index >= 15 is 0 Å². The summed E-state index contributed by atoms with van der Waals surface area (Å²) < 4.78 is 36.8. The van der Waals surface area contributed by atoms with Crippen LogP contribution < -0.4 is 14.9 Å². The van der Waals surface area contributed by atoms with Crippen LogP contribution in [0.5, 0.6) is 17.2 Å². The Hall–Kier alpha value is -3.38. The number of rotatable bonds is 8. The first-order chi connectivity index (χ1) is 14.8. The maximum absolute atomic E-state index is 12.7. The Morgan fingerprint density at radius 2 is 1.77 bits per heavy atom. The number of hydrogen-bond donors (Lipinski definition) is 2. The van der Waals surface area contributed by atoms with E-state index in [2.05, 4.69) is 10.5 Å². The lowest BCUT2D eigenvalue weighted by molar-refractivity contribution is -0.384. The lowest BCUT2D eigenvalue weighted by Gasteiger charge is -2.15. The van der Waals surface area contributed by atoms with Crippen molar-refractivity contribution in [2.45, 2.75) is 17.7 Å². The number of hydrogen-bond acceptors (Lipinski definition) is 9. The Morgan fingerprint density at radius 1 is 1.16 bits per heavy atom. The Bertz CT molecular complexity index is 1090. The van der Waals surface area contributed by atoms with Gasteiger partial charge in [-0.25, -0.2) is 8.42 Å². The minimum atomic E-state index is -3.78. The fourth-order valence-corrected chi connectivity index (χ4v) is 4.70. The summed E-state index contributed by atoms with van der Waals surface area (Å²) in [7, 11) is -1.02. The first-order valence-electron chi connectivity index (χ1n) is 9.30. The van der Waals surface area contributed by atoms with Gasteiger partial charge in [0.1, 0.15) is 5.69 Å². The highest BCUT2D eigenvalue weighted by molar-refractivity contribution is 7.89. The number of anilines is 1. The summed E-state index contributed by atoms with van der Waals surface area (Å²) in [6.07, 6.45) is 2.88. The monoisotopic (exact) mass is 450 g/mol. The number of phenols is 1. The highest BCUT2D eigenvalue weighted by atomic mass is 32.2. The molecule has 0 spiro atoms. The number of phenolic OH excluding ortho intramolecular Hbond substituents is 1.